The zero-order chi connectivity index (χ0) is 15.9. The molecule has 0 spiro atoms. The number of hydrogen-bond donors (Lipinski definition) is 2. The Morgan fingerprint density at radius 1 is 1.45 bits per heavy atom. The molecule has 0 fully saturated rings. The second-order valence-electron chi connectivity index (χ2n) is 4.53. The molecule has 1 aromatic carbocycles. The van der Waals surface area contributed by atoms with Gasteiger partial charge in [-0.15, -0.1) is 11.3 Å². The van der Waals surface area contributed by atoms with Crippen molar-refractivity contribution in [2.45, 2.75) is 12.5 Å². The zero-order valence-corrected chi connectivity index (χ0v) is 13.6. The van der Waals surface area contributed by atoms with E-state index in [9.17, 15) is 9.59 Å². The molecule has 0 unspecified atom stereocenters. The van der Waals surface area contributed by atoms with E-state index < -0.39 is 17.9 Å². The molecule has 1 heterocycles. The van der Waals surface area contributed by atoms with E-state index in [-0.39, 0.29) is 0 Å². The minimum absolute atomic E-state index is 0.400. The van der Waals surface area contributed by atoms with E-state index >= 15 is 0 Å². The van der Waals surface area contributed by atoms with E-state index in [0.29, 0.717) is 17.2 Å². The zero-order valence-electron chi connectivity index (χ0n) is 12.0. The van der Waals surface area contributed by atoms with Crippen LogP contribution in [0.2, 0.25) is 0 Å². The highest BCUT2D eigenvalue weighted by atomic mass is 32.2. The molecular weight excluding hydrogens is 320 g/mol. The van der Waals surface area contributed by atoms with Crippen molar-refractivity contribution >= 4 is 51.3 Å². The molecule has 2 N–H and O–H groups in total. The monoisotopic (exact) mass is 336 g/mol. The molecule has 0 bridgehead atoms. The number of aliphatic carboxylic acids is 1. The third kappa shape index (κ3) is 4.57. The van der Waals surface area contributed by atoms with Crippen molar-refractivity contribution in [1.82, 2.24) is 10.3 Å². The molecule has 5 nitrogen and oxygen atoms in total. The highest BCUT2D eigenvalue weighted by Crippen LogP contribution is 2.22. The molecule has 0 saturated carbocycles. The molecule has 116 valence electrons. The average molecular weight is 336 g/mol. The van der Waals surface area contributed by atoms with E-state index in [1.807, 2.05) is 30.5 Å². The number of carboxylic acids is 1. The minimum Gasteiger partial charge on any atom is -0.480 e. The normalized spacial score (nSPS) is 12.6. The number of hydrogen-bond acceptors (Lipinski definition) is 5. The predicted molar refractivity (Wildman–Crippen MR) is 91.2 cm³/mol. The van der Waals surface area contributed by atoms with Gasteiger partial charge < -0.3 is 10.4 Å². The third-order valence-electron chi connectivity index (χ3n) is 2.91. The molecule has 1 amide bonds. The maximum atomic E-state index is 11.8. The van der Waals surface area contributed by atoms with Crippen molar-refractivity contribution in [3.63, 3.8) is 0 Å². The second-order valence-corrected chi connectivity index (χ2v) is 6.58. The maximum absolute atomic E-state index is 11.8. The molecule has 1 aromatic heterocycles. The van der Waals surface area contributed by atoms with E-state index in [1.165, 1.54) is 17.4 Å². The van der Waals surface area contributed by atoms with E-state index in [0.717, 1.165) is 10.2 Å². The number of rotatable bonds is 7. The summed E-state index contributed by atoms with van der Waals surface area (Å²) in [6.45, 7) is 0. The number of thioether (sulfide) groups is 1. The van der Waals surface area contributed by atoms with Crippen LogP contribution in [0, 0.1) is 0 Å². The molecule has 0 aliphatic rings. The quantitative estimate of drug-likeness (QED) is 0.760. The number of aromatic nitrogens is 1. The van der Waals surface area contributed by atoms with Gasteiger partial charge in [-0.1, -0.05) is 12.1 Å². The molecule has 7 heteroatoms. The summed E-state index contributed by atoms with van der Waals surface area (Å²) in [4.78, 5) is 27.3. The van der Waals surface area contributed by atoms with E-state index in [4.69, 9.17) is 5.11 Å². The van der Waals surface area contributed by atoms with Crippen LogP contribution in [0.1, 0.15) is 11.4 Å². The molecule has 0 radical (unpaired) electrons. The Morgan fingerprint density at radius 3 is 2.91 bits per heavy atom. The summed E-state index contributed by atoms with van der Waals surface area (Å²) in [5.74, 6) is -0.762. The third-order valence-corrected chi connectivity index (χ3v) is 4.56. The maximum Gasteiger partial charge on any atom is 0.326 e. The van der Waals surface area contributed by atoms with Gasteiger partial charge in [0.1, 0.15) is 11.0 Å². The summed E-state index contributed by atoms with van der Waals surface area (Å²) in [7, 11) is 0. The molecule has 0 saturated heterocycles. The van der Waals surface area contributed by atoms with E-state index in [1.54, 1.807) is 17.8 Å². The number of nitrogens with zero attached hydrogens (tertiary/aromatic N) is 1. The van der Waals surface area contributed by atoms with Crippen LogP contribution in [0.15, 0.2) is 30.3 Å². The summed E-state index contributed by atoms with van der Waals surface area (Å²) in [5.41, 5.74) is 0.885. The number of fused-ring (bicyclic) bond motifs is 1. The van der Waals surface area contributed by atoms with Gasteiger partial charge in [0, 0.05) is 6.08 Å². The van der Waals surface area contributed by atoms with Crippen LogP contribution in [-0.4, -0.2) is 40.0 Å². The first-order chi connectivity index (χ1) is 10.6. The number of carboxylic acid groups (broad SMARTS) is 1. The lowest BCUT2D eigenvalue weighted by Crippen LogP contribution is -2.40. The number of thiazole rings is 1. The Morgan fingerprint density at radius 2 is 2.23 bits per heavy atom. The van der Waals surface area contributed by atoms with Gasteiger partial charge in [0.25, 0.3) is 0 Å². The van der Waals surface area contributed by atoms with Gasteiger partial charge in [-0.2, -0.15) is 11.8 Å². The first-order valence-electron chi connectivity index (χ1n) is 6.66. The first-order valence-corrected chi connectivity index (χ1v) is 8.87. The van der Waals surface area contributed by atoms with Crippen molar-refractivity contribution < 1.29 is 14.7 Å². The van der Waals surface area contributed by atoms with Crippen LogP contribution in [0.25, 0.3) is 16.3 Å². The lowest BCUT2D eigenvalue weighted by Gasteiger charge is -2.11. The Labute approximate surface area is 136 Å². The van der Waals surface area contributed by atoms with Crippen molar-refractivity contribution in [2.24, 2.45) is 0 Å². The predicted octanol–water partition coefficient (Wildman–Crippen LogP) is 2.63. The van der Waals surface area contributed by atoms with Crippen molar-refractivity contribution in [2.75, 3.05) is 12.0 Å². The molecule has 2 aromatic rings. The van der Waals surface area contributed by atoms with Gasteiger partial charge in [-0.05, 0) is 36.6 Å². The number of benzene rings is 1. The van der Waals surface area contributed by atoms with Gasteiger partial charge in [-0.3, -0.25) is 4.79 Å². The van der Waals surface area contributed by atoms with Crippen molar-refractivity contribution in [1.29, 1.82) is 0 Å². The summed E-state index contributed by atoms with van der Waals surface area (Å²) in [6.07, 6.45) is 5.23. The Hall–Kier alpha value is -1.86. The van der Waals surface area contributed by atoms with E-state index in [2.05, 4.69) is 10.3 Å². The Kier molecular flexibility index (Phi) is 5.97. The average Bonchev–Trinajstić information content (AvgIpc) is 2.92. The molecular formula is C15H16N2O3S2. The molecule has 1 atom stereocenters. The first kappa shape index (κ1) is 16.5. The second kappa shape index (κ2) is 7.95. The van der Waals surface area contributed by atoms with Crippen LogP contribution < -0.4 is 5.32 Å². The van der Waals surface area contributed by atoms with Crippen molar-refractivity contribution in [3.8, 4) is 0 Å². The van der Waals surface area contributed by atoms with Crippen LogP contribution >= 0.6 is 23.1 Å². The number of amides is 1. The molecule has 0 aliphatic carbocycles. The number of carbonyl (C=O) groups is 2. The summed E-state index contributed by atoms with van der Waals surface area (Å²) >= 11 is 3.03. The standard InChI is InChI=1S/C15H16N2O3S2/c1-21-9-8-11(15(19)20)16-13(18)6-7-14-17-10-4-2-3-5-12(10)22-14/h2-7,11H,8-9H2,1H3,(H,16,18)(H,19,20)/b7-6+/t11-/m0/s1. The SMILES string of the molecule is CSCC[C@H](NC(=O)/C=C/c1nc2ccccc2s1)C(=O)O. The Bertz CT molecular complexity index is 664. The number of nitrogens with one attached hydrogen (secondary N) is 1. The van der Waals surface area contributed by atoms with Crippen LogP contribution in [0.4, 0.5) is 0 Å². The molecule has 2 rings (SSSR count). The van der Waals surface area contributed by atoms with Crippen LogP contribution in [0.5, 0.6) is 0 Å². The topological polar surface area (TPSA) is 79.3 Å². The fourth-order valence-corrected chi connectivity index (χ4v) is 3.16. The fraction of sp³-hybridized carbons (Fsp3) is 0.267. The largest absolute Gasteiger partial charge is 0.480 e. The fourth-order valence-electron chi connectivity index (χ4n) is 1.82. The number of para-hydroxylation sites is 1. The van der Waals surface area contributed by atoms with Gasteiger partial charge in [0.2, 0.25) is 5.91 Å². The van der Waals surface area contributed by atoms with Crippen molar-refractivity contribution in [3.05, 3.63) is 35.3 Å². The lowest BCUT2D eigenvalue weighted by atomic mass is 10.2. The summed E-state index contributed by atoms with van der Waals surface area (Å²) < 4.78 is 1.05. The van der Waals surface area contributed by atoms with Gasteiger partial charge in [0.05, 0.1) is 10.2 Å². The summed E-state index contributed by atoms with van der Waals surface area (Å²) in [6, 6.07) is 6.86. The van der Waals surface area contributed by atoms with Gasteiger partial charge >= 0.3 is 5.97 Å². The van der Waals surface area contributed by atoms with Gasteiger partial charge in [-0.25, -0.2) is 9.78 Å². The van der Waals surface area contributed by atoms with Crippen LogP contribution in [0.3, 0.4) is 0 Å². The highest BCUT2D eigenvalue weighted by molar-refractivity contribution is 7.98. The minimum atomic E-state index is -1.02. The van der Waals surface area contributed by atoms with Crippen LogP contribution in [-0.2, 0) is 9.59 Å². The number of carbonyl (C=O) groups excluding carboxylic acids is 1. The lowest BCUT2D eigenvalue weighted by molar-refractivity contribution is -0.141. The molecule has 22 heavy (non-hydrogen) atoms. The smallest absolute Gasteiger partial charge is 0.326 e. The Balaban J connectivity index is 1.99. The molecule has 0 aliphatic heterocycles. The highest BCUT2D eigenvalue weighted by Gasteiger charge is 2.18. The summed E-state index contributed by atoms with van der Waals surface area (Å²) in [5, 5.41) is 12.3. The van der Waals surface area contributed by atoms with Gasteiger partial charge in [0.15, 0.2) is 0 Å².